The molecule has 1 heterocycles. The summed E-state index contributed by atoms with van der Waals surface area (Å²) in [5, 5.41) is 5.33. The molecule has 5 aromatic rings. The summed E-state index contributed by atoms with van der Waals surface area (Å²) in [5.41, 5.74) is 6.53. The van der Waals surface area contributed by atoms with Crippen LogP contribution in [0.4, 0.5) is 0 Å². The highest BCUT2D eigenvalue weighted by Crippen LogP contribution is 2.44. The van der Waals surface area contributed by atoms with Crippen molar-refractivity contribution in [3.63, 3.8) is 0 Å². The van der Waals surface area contributed by atoms with Crippen molar-refractivity contribution < 1.29 is 0 Å². The SMILES string of the molecule is Cc1cccc(-c2c(I)c3ccccc3c3c2c2ccccc2n3C)c1. The van der Waals surface area contributed by atoms with Crippen molar-refractivity contribution in [2.75, 3.05) is 0 Å². The van der Waals surface area contributed by atoms with Crippen molar-refractivity contribution >= 4 is 55.2 Å². The quantitative estimate of drug-likeness (QED) is 0.242. The van der Waals surface area contributed by atoms with E-state index in [-0.39, 0.29) is 0 Å². The number of hydrogen-bond donors (Lipinski definition) is 0. The average Bonchev–Trinajstić information content (AvgIpc) is 2.96. The second-order valence-corrected chi connectivity index (χ2v) is 7.98. The van der Waals surface area contributed by atoms with Crippen LogP contribution < -0.4 is 0 Å². The molecule has 0 saturated heterocycles. The minimum absolute atomic E-state index is 1.28. The first kappa shape index (κ1) is 15.9. The van der Waals surface area contributed by atoms with Gasteiger partial charge in [0.05, 0.1) is 5.52 Å². The van der Waals surface area contributed by atoms with Crippen molar-refractivity contribution in [2.45, 2.75) is 6.92 Å². The third kappa shape index (κ3) is 2.15. The Morgan fingerprint density at radius 1 is 0.769 bits per heavy atom. The van der Waals surface area contributed by atoms with Gasteiger partial charge in [0.15, 0.2) is 0 Å². The normalized spacial score (nSPS) is 11.7. The van der Waals surface area contributed by atoms with Gasteiger partial charge in [0, 0.05) is 37.9 Å². The molecule has 0 fully saturated rings. The molecule has 2 heteroatoms. The summed E-state index contributed by atoms with van der Waals surface area (Å²) in [5.74, 6) is 0. The Labute approximate surface area is 166 Å². The van der Waals surface area contributed by atoms with Gasteiger partial charge in [-0.05, 0) is 46.5 Å². The Morgan fingerprint density at radius 2 is 1.46 bits per heavy atom. The summed E-state index contributed by atoms with van der Waals surface area (Å²) in [4.78, 5) is 0. The lowest BCUT2D eigenvalue weighted by molar-refractivity contribution is 1.02. The Hall–Kier alpha value is -2.33. The van der Waals surface area contributed by atoms with Crippen LogP contribution in [0.25, 0.3) is 43.7 Å². The van der Waals surface area contributed by atoms with Gasteiger partial charge in [0.2, 0.25) is 0 Å². The van der Waals surface area contributed by atoms with Gasteiger partial charge < -0.3 is 4.57 Å². The van der Waals surface area contributed by atoms with E-state index in [2.05, 4.69) is 114 Å². The zero-order chi connectivity index (χ0) is 17.8. The predicted molar refractivity (Wildman–Crippen MR) is 121 cm³/mol. The van der Waals surface area contributed by atoms with Crippen molar-refractivity contribution in [2.24, 2.45) is 7.05 Å². The Kier molecular flexibility index (Phi) is 3.57. The molecular weight excluding hydrogens is 429 g/mol. The van der Waals surface area contributed by atoms with Crippen LogP contribution in [-0.2, 0) is 7.05 Å². The van der Waals surface area contributed by atoms with E-state index in [0.717, 1.165) is 0 Å². The van der Waals surface area contributed by atoms with Crippen molar-refractivity contribution in [3.8, 4) is 11.1 Å². The van der Waals surface area contributed by atoms with Crippen LogP contribution in [0.2, 0.25) is 0 Å². The number of aryl methyl sites for hydroxylation is 2. The van der Waals surface area contributed by atoms with E-state index < -0.39 is 0 Å². The summed E-state index contributed by atoms with van der Waals surface area (Å²) >= 11 is 2.53. The molecule has 4 aromatic carbocycles. The lowest BCUT2D eigenvalue weighted by Crippen LogP contribution is -1.92. The van der Waals surface area contributed by atoms with E-state index >= 15 is 0 Å². The zero-order valence-corrected chi connectivity index (χ0v) is 16.9. The van der Waals surface area contributed by atoms with Gasteiger partial charge in [0.1, 0.15) is 0 Å². The molecule has 1 aromatic heterocycles. The third-order valence-electron chi connectivity index (χ3n) is 5.30. The summed E-state index contributed by atoms with van der Waals surface area (Å²) < 4.78 is 3.68. The smallest absolute Gasteiger partial charge is 0.0575 e. The maximum Gasteiger partial charge on any atom is 0.0575 e. The fraction of sp³-hybridized carbons (Fsp3) is 0.0833. The number of benzene rings is 4. The highest BCUT2D eigenvalue weighted by molar-refractivity contribution is 14.1. The maximum atomic E-state index is 2.53. The lowest BCUT2D eigenvalue weighted by Gasteiger charge is -2.13. The minimum Gasteiger partial charge on any atom is -0.343 e. The molecule has 0 spiro atoms. The molecule has 26 heavy (non-hydrogen) atoms. The van der Waals surface area contributed by atoms with Crippen LogP contribution in [-0.4, -0.2) is 4.57 Å². The van der Waals surface area contributed by atoms with E-state index in [1.807, 2.05) is 0 Å². The number of aromatic nitrogens is 1. The van der Waals surface area contributed by atoms with Gasteiger partial charge in [-0.1, -0.05) is 72.3 Å². The fourth-order valence-corrected chi connectivity index (χ4v) is 5.21. The second-order valence-electron chi connectivity index (χ2n) is 6.90. The molecular formula is C24H18IN. The van der Waals surface area contributed by atoms with Gasteiger partial charge >= 0.3 is 0 Å². The number of fused-ring (bicyclic) bond motifs is 5. The summed E-state index contributed by atoms with van der Waals surface area (Å²) in [6.45, 7) is 2.16. The summed E-state index contributed by atoms with van der Waals surface area (Å²) in [7, 11) is 2.18. The molecule has 0 saturated carbocycles. The van der Waals surface area contributed by atoms with Crippen LogP contribution in [0, 0.1) is 10.5 Å². The molecule has 0 amide bonds. The molecule has 0 N–H and O–H groups in total. The Morgan fingerprint density at radius 3 is 2.23 bits per heavy atom. The first-order valence-corrected chi connectivity index (χ1v) is 9.89. The van der Waals surface area contributed by atoms with Gasteiger partial charge in [-0.15, -0.1) is 0 Å². The van der Waals surface area contributed by atoms with Crippen LogP contribution in [0.3, 0.4) is 0 Å². The topological polar surface area (TPSA) is 4.93 Å². The van der Waals surface area contributed by atoms with Crippen LogP contribution in [0.5, 0.6) is 0 Å². The fourth-order valence-electron chi connectivity index (χ4n) is 4.16. The number of nitrogens with zero attached hydrogens (tertiary/aromatic N) is 1. The van der Waals surface area contributed by atoms with Crippen molar-refractivity contribution in [1.29, 1.82) is 0 Å². The maximum absolute atomic E-state index is 2.53. The molecule has 0 atom stereocenters. The summed E-state index contributed by atoms with van der Waals surface area (Å²) in [6.07, 6.45) is 0. The van der Waals surface area contributed by atoms with Gasteiger partial charge in [-0.2, -0.15) is 0 Å². The number of hydrogen-bond acceptors (Lipinski definition) is 0. The molecule has 0 aliphatic rings. The molecule has 1 nitrogen and oxygen atoms in total. The predicted octanol–water partition coefficient (Wildman–Crippen LogP) is 7.06. The molecule has 0 radical (unpaired) electrons. The standard InChI is InChI=1S/C24H18IN/c1-15-8-7-9-16(14-15)21-22-19-12-5-6-13-20(19)26(2)24(22)18-11-4-3-10-17(18)23(21)25/h3-14H,1-2H3. The van der Waals surface area contributed by atoms with Crippen LogP contribution in [0.15, 0.2) is 72.8 Å². The second kappa shape index (κ2) is 5.85. The number of halogens is 1. The van der Waals surface area contributed by atoms with Gasteiger partial charge in [0.25, 0.3) is 0 Å². The van der Waals surface area contributed by atoms with Crippen molar-refractivity contribution in [3.05, 3.63) is 81.9 Å². The first-order chi connectivity index (χ1) is 12.7. The molecule has 0 aliphatic carbocycles. The molecule has 5 rings (SSSR count). The highest BCUT2D eigenvalue weighted by atomic mass is 127. The van der Waals surface area contributed by atoms with Crippen LogP contribution in [0.1, 0.15) is 5.56 Å². The minimum atomic E-state index is 1.28. The van der Waals surface area contributed by atoms with E-state index in [4.69, 9.17) is 0 Å². The molecule has 0 aliphatic heterocycles. The number of rotatable bonds is 1. The van der Waals surface area contributed by atoms with Crippen LogP contribution >= 0.6 is 22.6 Å². The van der Waals surface area contributed by atoms with Gasteiger partial charge in [-0.25, -0.2) is 0 Å². The largest absolute Gasteiger partial charge is 0.343 e. The first-order valence-electron chi connectivity index (χ1n) is 8.81. The zero-order valence-electron chi connectivity index (χ0n) is 14.8. The Balaban J connectivity index is 2.13. The van der Waals surface area contributed by atoms with Gasteiger partial charge in [-0.3, -0.25) is 0 Å². The van der Waals surface area contributed by atoms with E-state index in [0.29, 0.717) is 0 Å². The molecule has 0 bridgehead atoms. The molecule has 0 unspecified atom stereocenters. The Bertz CT molecular complexity index is 1310. The monoisotopic (exact) mass is 447 g/mol. The number of para-hydroxylation sites is 1. The van der Waals surface area contributed by atoms with Crippen molar-refractivity contribution in [1.82, 2.24) is 4.57 Å². The lowest BCUT2D eigenvalue weighted by atomic mass is 9.94. The average molecular weight is 447 g/mol. The van der Waals surface area contributed by atoms with E-state index in [9.17, 15) is 0 Å². The summed E-state index contributed by atoms with van der Waals surface area (Å²) in [6, 6.07) is 26.4. The third-order valence-corrected chi connectivity index (χ3v) is 6.42. The van der Waals surface area contributed by atoms with E-state index in [1.54, 1.807) is 0 Å². The van der Waals surface area contributed by atoms with E-state index in [1.165, 1.54) is 52.8 Å². The molecule has 126 valence electrons. The highest BCUT2D eigenvalue weighted by Gasteiger charge is 2.19.